The largest absolute Gasteiger partial charge is 0.259 e. The van der Waals surface area contributed by atoms with E-state index >= 15 is 0 Å². The quantitative estimate of drug-likeness (QED) is 0.498. The molecule has 0 fully saturated rings. The zero-order valence-electron chi connectivity index (χ0n) is 6.91. The molecular weight excluding hydrogens is 178 g/mol. The molecule has 12 heavy (non-hydrogen) atoms. The monoisotopic (exact) mass is 189 g/mol. The van der Waals surface area contributed by atoms with Gasteiger partial charge in [-0.3, -0.25) is 14.3 Å². The molecule has 1 aliphatic carbocycles. The molecule has 0 saturated carbocycles. The van der Waals surface area contributed by atoms with E-state index in [4.69, 9.17) is 0 Å². The van der Waals surface area contributed by atoms with Gasteiger partial charge in [-0.2, -0.15) is 0 Å². The van der Waals surface area contributed by atoms with Crippen molar-refractivity contribution in [3.8, 4) is 0 Å². The molecule has 0 aliphatic heterocycles. The van der Waals surface area contributed by atoms with E-state index in [1.807, 2.05) is 0 Å². The van der Waals surface area contributed by atoms with Crippen LogP contribution < -0.4 is 0 Å². The summed E-state index contributed by atoms with van der Waals surface area (Å²) >= 11 is 0. The zero-order chi connectivity index (χ0) is 9.14. The fourth-order valence-corrected chi connectivity index (χ4v) is 2.47. The zero-order valence-corrected chi connectivity index (χ0v) is 7.73. The molecule has 0 N–H and O–H groups in total. The van der Waals surface area contributed by atoms with Gasteiger partial charge in [0, 0.05) is 12.2 Å². The Balaban J connectivity index is 2.91. The predicted molar refractivity (Wildman–Crippen MR) is 46.6 cm³/mol. The van der Waals surface area contributed by atoms with E-state index in [1.54, 1.807) is 6.92 Å². The minimum Gasteiger partial charge on any atom is -0.259 e. The summed E-state index contributed by atoms with van der Waals surface area (Å²) in [7, 11) is -1.12. The first-order valence-corrected chi connectivity index (χ1v) is 5.23. The number of hydrogen-bond acceptors (Lipinski definition) is 3. The van der Waals surface area contributed by atoms with E-state index in [2.05, 4.69) is 0 Å². The van der Waals surface area contributed by atoms with Gasteiger partial charge in [-0.05, 0) is 12.8 Å². The first-order valence-electron chi connectivity index (χ1n) is 3.91. The van der Waals surface area contributed by atoms with Crippen LogP contribution in [0.1, 0.15) is 26.2 Å². The van der Waals surface area contributed by atoms with Crippen LogP contribution in [0.5, 0.6) is 0 Å². The lowest BCUT2D eigenvalue weighted by Crippen LogP contribution is -2.03. The van der Waals surface area contributed by atoms with E-state index in [0.29, 0.717) is 23.5 Å². The maximum atomic E-state index is 11.3. The normalized spacial score (nSPS) is 19.8. The highest BCUT2D eigenvalue weighted by atomic mass is 32.2. The van der Waals surface area contributed by atoms with Gasteiger partial charge in [-0.15, -0.1) is 0 Å². The molecule has 0 heterocycles. The Kier molecular flexibility index (Phi) is 2.97. The van der Waals surface area contributed by atoms with Crippen LogP contribution in [0.15, 0.2) is 10.6 Å². The molecule has 1 aliphatic rings. The minimum atomic E-state index is -1.12. The second-order valence-electron chi connectivity index (χ2n) is 2.61. The maximum absolute atomic E-state index is 11.3. The highest BCUT2D eigenvalue weighted by molar-refractivity contribution is 7.88. The molecule has 0 aromatic heterocycles. The Morgan fingerprint density at radius 1 is 1.58 bits per heavy atom. The molecule has 1 atom stereocenters. The van der Waals surface area contributed by atoms with Crippen molar-refractivity contribution in [2.24, 2.45) is 0 Å². The number of rotatable bonds is 3. The molecule has 4 nitrogen and oxygen atoms in total. The van der Waals surface area contributed by atoms with Gasteiger partial charge in [0.15, 0.2) is 0 Å². The Labute approximate surface area is 73.3 Å². The summed E-state index contributed by atoms with van der Waals surface area (Å²) in [5.41, 5.74) is 0.190. The third-order valence-corrected chi connectivity index (χ3v) is 3.41. The smallest absolute Gasteiger partial charge is 0.258 e. The van der Waals surface area contributed by atoms with Crippen molar-refractivity contribution in [3.05, 3.63) is 20.7 Å². The lowest BCUT2D eigenvalue weighted by molar-refractivity contribution is -0.427. The lowest BCUT2D eigenvalue weighted by Gasteiger charge is -1.97. The van der Waals surface area contributed by atoms with Gasteiger partial charge in [0.1, 0.15) is 0 Å². The highest BCUT2D eigenvalue weighted by Crippen LogP contribution is 2.28. The van der Waals surface area contributed by atoms with Gasteiger partial charge in [-0.25, -0.2) is 0 Å². The fraction of sp³-hybridized carbons (Fsp3) is 0.714. The Bertz CT molecular complexity index is 259. The molecular formula is C7H11NO3S. The average Bonchev–Trinajstić information content (AvgIpc) is 2.50. The summed E-state index contributed by atoms with van der Waals surface area (Å²) in [6, 6.07) is 0. The van der Waals surface area contributed by atoms with Gasteiger partial charge < -0.3 is 0 Å². The molecule has 0 aromatic rings. The number of nitro groups is 1. The van der Waals surface area contributed by atoms with Crippen molar-refractivity contribution in [1.82, 2.24) is 0 Å². The number of allylic oxidation sites excluding steroid dienone is 2. The van der Waals surface area contributed by atoms with Crippen molar-refractivity contribution >= 4 is 10.8 Å². The molecule has 1 rings (SSSR count). The maximum Gasteiger partial charge on any atom is 0.258 e. The topological polar surface area (TPSA) is 60.2 Å². The first kappa shape index (κ1) is 9.38. The molecule has 0 aromatic carbocycles. The second-order valence-corrected chi connectivity index (χ2v) is 4.38. The summed E-state index contributed by atoms with van der Waals surface area (Å²) < 4.78 is 11.3. The number of hydrogen-bond donors (Lipinski definition) is 0. The summed E-state index contributed by atoms with van der Waals surface area (Å²) in [4.78, 5) is 10.6. The van der Waals surface area contributed by atoms with Crippen LogP contribution in [0.25, 0.3) is 0 Å². The molecule has 0 spiro atoms. The van der Waals surface area contributed by atoms with E-state index in [0.717, 1.165) is 6.42 Å². The summed E-state index contributed by atoms with van der Waals surface area (Å²) in [6.07, 6.45) is 1.89. The Hall–Kier alpha value is -0.710. The van der Waals surface area contributed by atoms with Crippen LogP contribution in [0.3, 0.4) is 0 Å². The van der Waals surface area contributed by atoms with Gasteiger partial charge in [0.05, 0.1) is 20.6 Å². The predicted octanol–water partition coefficient (Wildman–Crippen LogP) is 1.43. The molecule has 0 radical (unpaired) electrons. The van der Waals surface area contributed by atoms with Crippen LogP contribution in [0.2, 0.25) is 0 Å². The summed E-state index contributed by atoms with van der Waals surface area (Å²) in [5, 5.41) is 10.4. The molecule has 0 saturated heterocycles. The van der Waals surface area contributed by atoms with Crippen molar-refractivity contribution in [3.63, 3.8) is 0 Å². The van der Waals surface area contributed by atoms with E-state index in [1.165, 1.54) is 0 Å². The molecule has 0 bridgehead atoms. The van der Waals surface area contributed by atoms with Crippen molar-refractivity contribution < 1.29 is 9.13 Å². The van der Waals surface area contributed by atoms with Crippen LogP contribution >= 0.6 is 0 Å². The molecule has 0 amide bonds. The highest BCUT2D eigenvalue weighted by Gasteiger charge is 2.27. The molecule has 68 valence electrons. The van der Waals surface area contributed by atoms with Gasteiger partial charge in [0.2, 0.25) is 0 Å². The third kappa shape index (κ3) is 1.72. The van der Waals surface area contributed by atoms with E-state index in [-0.39, 0.29) is 5.70 Å². The second kappa shape index (κ2) is 3.80. The van der Waals surface area contributed by atoms with E-state index in [9.17, 15) is 14.3 Å². The van der Waals surface area contributed by atoms with Crippen molar-refractivity contribution in [2.45, 2.75) is 26.2 Å². The van der Waals surface area contributed by atoms with Crippen molar-refractivity contribution in [1.29, 1.82) is 0 Å². The summed E-state index contributed by atoms with van der Waals surface area (Å²) in [6.45, 7) is 1.78. The van der Waals surface area contributed by atoms with E-state index < -0.39 is 15.7 Å². The first-order chi connectivity index (χ1) is 5.66. The van der Waals surface area contributed by atoms with Gasteiger partial charge in [0.25, 0.3) is 5.70 Å². The standard InChI is InChI=1S/C7H11NO3S/c1-2-12(11)7-5-3-4-6(7)8(9)10/h2-5H2,1H3/t12-/m1/s1. The fourth-order valence-electron chi connectivity index (χ4n) is 1.31. The van der Waals surface area contributed by atoms with Crippen LogP contribution in [-0.4, -0.2) is 14.9 Å². The summed E-state index contributed by atoms with van der Waals surface area (Å²) in [5.74, 6) is 0.479. The third-order valence-electron chi connectivity index (χ3n) is 1.90. The number of nitrogens with zero attached hydrogens (tertiary/aromatic N) is 1. The van der Waals surface area contributed by atoms with Crippen LogP contribution in [-0.2, 0) is 10.8 Å². The minimum absolute atomic E-state index is 0.190. The Morgan fingerprint density at radius 2 is 2.25 bits per heavy atom. The SMILES string of the molecule is CC[S@@](=O)C1=C([N+](=O)[O-])CCC1. The lowest BCUT2D eigenvalue weighted by atomic mass is 10.3. The average molecular weight is 189 g/mol. The molecule has 0 unspecified atom stereocenters. The van der Waals surface area contributed by atoms with Crippen LogP contribution in [0.4, 0.5) is 0 Å². The van der Waals surface area contributed by atoms with Crippen LogP contribution in [0, 0.1) is 10.1 Å². The van der Waals surface area contributed by atoms with Gasteiger partial charge in [-0.1, -0.05) is 6.92 Å². The molecule has 5 heteroatoms. The van der Waals surface area contributed by atoms with Gasteiger partial charge >= 0.3 is 0 Å². The van der Waals surface area contributed by atoms with Crippen molar-refractivity contribution in [2.75, 3.05) is 5.75 Å². The Morgan fingerprint density at radius 3 is 2.75 bits per heavy atom.